The number of likely N-dealkylation sites (tertiary alicyclic amines) is 1. The highest BCUT2D eigenvalue weighted by Crippen LogP contribution is 2.36. The molecule has 1 aliphatic heterocycles. The van der Waals surface area contributed by atoms with E-state index in [4.69, 9.17) is 4.74 Å². The molecule has 0 aromatic carbocycles. The van der Waals surface area contributed by atoms with Crippen LogP contribution in [0.15, 0.2) is 18.3 Å². The molecule has 0 N–H and O–H groups in total. The van der Waals surface area contributed by atoms with E-state index in [-0.39, 0.29) is 18.0 Å². The summed E-state index contributed by atoms with van der Waals surface area (Å²) in [5.41, 5.74) is 0.326. The third kappa shape index (κ3) is 5.21. The molecule has 0 bridgehead atoms. The van der Waals surface area contributed by atoms with Crippen LogP contribution < -0.4 is 4.90 Å². The van der Waals surface area contributed by atoms with E-state index in [0.29, 0.717) is 5.82 Å². The Labute approximate surface area is 162 Å². The Balaban J connectivity index is 2.48. The van der Waals surface area contributed by atoms with Crippen LogP contribution in [0.25, 0.3) is 0 Å². The smallest absolute Gasteiger partial charge is 0.416 e. The number of anilines is 1. The summed E-state index contributed by atoms with van der Waals surface area (Å²) in [6.45, 7) is 11.9. The van der Waals surface area contributed by atoms with Gasteiger partial charge in [0.25, 0.3) is 0 Å². The van der Waals surface area contributed by atoms with Crippen molar-refractivity contribution in [2.24, 2.45) is 0 Å². The number of hydrogen-bond acceptors (Lipinski definition) is 4. The minimum atomic E-state index is -0.589. The normalized spacial score (nSPS) is 18.7. The number of rotatable bonds is 4. The van der Waals surface area contributed by atoms with Gasteiger partial charge in [0, 0.05) is 31.3 Å². The van der Waals surface area contributed by atoms with Crippen molar-refractivity contribution in [3.05, 3.63) is 23.9 Å². The van der Waals surface area contributed by atoms with Gasteiger partial charge in [-0.15, -0.1) is 0 Å². The van der Waals surface area contributed by atoms with Crippen LogP contribution in [-0.2, 0) is 9.53 Å². The van der Waals surface area contributed by atoms with Gasteiger partial charge in [-0.2, -0.15) is 0 Å². The van der Waals surface area contributed by atoms with Crippen molar-refractivity contribution >= 4 is 17.8 Å². The second kappa shape index (κ2) is 8.72. The maximum absolute atomic E-state index is 13.0. The molecule has 1 saturated heterocycles. The van der Waals surface area contributed by atoms with Crippen molar-refractivity contribution in [1.29, 1.82) is 0 Å². The molecule has 0 unspecified atom stereocenters. The van der Waals surface area contributed by atoms with Crippen molar-refractivity contribution in [2.45, 2.75) is 84.9 Å². The predicted molar refractivity (Wildman–Crippen MR) is 107 cm³/mol. The van der Waals surface area contributed by atoms with Crippen molar-refractivity contribution in [1.82, 2.24) is 9.88 Å². The van der Waals surface area contributed by atoms with Crippen molar-refractivity contribution in [3.8, 4) is 0 Å². The largest absolute Gasteiger partial charge is 0.443 e. The molecule has 2 heterocycles. The lowest BCUT2D eigenvalue weighted by Gasteiger charge is -2.38. The van der Waals surface area contributed by atoms with Gasteiger partial charge in [-0.1, -0.05) is 13.0 Å². The fourth-order valence-electron chi connectivity index (χ4n) is 3.47. The molecule has 0 saturated carbocycles. The van der Waals surface area contributed by atoms with Gasteiger partial charge in [-0.3, -0.25) is 9.69 Å². The van der Waals surface area contributed by atoms with E-state index >= 15 is 0 Å². The Bertz CT molecular complexity index is 669. The summed E-state index contributed by atoms with van der Waals surface area (Å²) in [4.78, 5) is 33.3. The molecule has 1 fully saturated rings. The minimum Gasteiger partial charge on any atom is -0.443 e. The first-order valence-electron chi connectivity index (χ1n) is 9.90. The quantitative estimate of drug-likeness (QED) is 0.765. The molecule has 150 valence electrons. The molecule has 2 atom stereocenters. The summed E-state index contributed by atoms with van der Waals surface area (Å²) in [6, 6.07) is 3.72. The topological polar surface area (TPSA) is 62.7 Å². The van der Waals surface area contributed by atoms with Crippen LogP contribution >= 0.6 is 0 Å². The van der Waals surface area contributed by atoms with Crippen LogP contribution in [0.5, 0.6) is 0 Å². The van der Waals surface area contributed by atoms with Crippen LogP contribution in [0.4, 0.5) is 10.6 Å². The lowest BCUT2D eigenvalue weighted by Crippen LogP contribution is -2.44. The molecule has 1 aliphatic rings. The Morgan fingerprint density at radius 1 is 1.37 bits per heavy atom. The Hall–Kier alpha value is -2.11. The average Bonchev–Trinajstić information content (AvgIpc) is 2.60. The first-order valence-corrected chi connectivity index (χ1v) is 9.90. The number of nitrogens with zero attached hydrogens (tertiary/aromatic N) is 3. The Morgan fingerprint density at radius 2 is 2.07 bits per heavy atom. The van der Waals surface area contributed by atoms with Gasteiger partial charge in [0.1, 0.15) is 11.4 Å². The first kappa shape index (κ1) is 21.2. The van der Waals surface area contributed by atoms with Gasteiger partial charge >= 0.3 is 6.09 Å². The molecule has 27 heavy (non-hydrogen) atoms. The van der Waals surface area contributed by atoms with E-state index in [2.05, 4.69) is 4.98 Å². The van der Waals surface area contributed by atoms with Gasteiger partial charge in [0.2, 0.25) is 5.91 Å². The van der Waals surface area contributed by atoms with E-state index in [9.17, 15) is 9.59 Å². The highest BCUT2D eigenvalue weighted by molar-refractivity contribution is 5.88. The zero-order valence-electron chi connectivity index (χ0n) is 17.5. The zero-order chi connectivity index (χ0) is 20.2. The van der Waals surface area contributed by atoms with Crippen LogP contribution in [0.3, 0.4) is 0 Å². The molecule has 6 nitrogen and oxygen atoms in total. The fraction of sp³-hybridized carbons (Fsp3) is 0.667. The molecule has 0 aliphatic carbocycles. The molecular weight excluding hydrogens is 342 g/mol. The molecule has 2 amide bonds. The summed E-state index contributed by atoms with van der Waals surface area (Å²) in [5.74, 6) is 0.654. The maximum atomic E-state index is 13.0. The van der Waals surface area contributed by atoms with Gasteiger partial charge in [-0.25, -0.2) is 9.78 Å². The number of carbonyl (C=O) groups excluding carboxylic acids is 2. The van der Waals surface area contributed by atoms with E-state index in [1.54, 1.807) is 18.0 Å². The van der Waals surface area contributed by atoms with Crippen LogP contribution in [0, 0.1) is 0 Å². The highest BCUT2D eigenvalue weighted by Gasteiger charge is 2.34. The number of piperidine rings is 1. The van der Waals surface area contributed by atoms with Gasteiger partial charge in [0.05, 0.1) is 6.04 Å². The fourth-order valence-corrected chi connectivity index (χ4v) is 3.47. The summed E-state index contributed by atoms with van der Waals surface area (Å²) in [6.07, 6.45) is 5.00. The molecule has 6 heteroatoms. The molecule has 1 aromatic heterocycles. The van der Waals surface area contributed by atoms with Crippen molar-refractivity contribution < 1.29 is 14.3 Å². The van der Waals surface area contributed by atoms with E-state index in [0.717, 1.165) is 37.8 Å². The molecule has 0 spiro atoms. The zero-order valence-corrected chi connectivity index (χ0v) is 17.5. The number of hydrogen-bond donors (Lipinski definition) is 0. The third-order valence-electron chi connectivity index (χ3n) is 4.93. The lowest BCUT2D eigenvalue weighted by atomic mass is 9.95. The minimum absolute atomic E-state index is 0.0573. The van der Waals surface area contributed by atoms with Gasteiger partial charge in [-0.05, 0) is 59.4 Å². The second-order valence-electron chi connectivity index (χ2n) is 8.25. The van der Waals surface area contributed by atoms with Gasteiger partial charge < -0.3 is 9.64 Å². The number of carbonyl (C=O) groups is 2. The molecular formula is C21H33N3O3. The molecule has 2 rings (SSSR count). The molecule has 1 aromatic rings. The van der Waals surface area contributed by atoms with Crippen LogP contribution in [0.1, 0.15) is 78.8 Å². The Morgan fingerprint density at radius 3 is 2.67 bits per heavy atom. The number of aromatic nitrogens is 1. The van der Waals surface area contributed by atoms with E-state index in [1.807, 2.05) is 51.7 Å². The highest BCUT2D eigenvalue weighted by atomic mass is 16.6. The molecule has 0 radical (unpaired) electrons. The van der Waals surface area contributed by atoms with E-state index in [1.165, 1.54) is 0 Å². The average molecular weight is 376 g/mol. The monoisotopic (exact) mass is 375 g/mol. The standard InChI is InChI=1S/C21H33N3O3/c1-7-15(2)24(20(26)27-21(4,5)6)19-17(11-10-13-22-19)18-12-8-9-14-23(18)16(3)25/h10-11,13,15,18H,7-9,12,14H2,1-6H3/t15-,18+/m1/s1. The number of amides is 2. The summed E-state index contributed by atoms with van der Waals surface area (Å²) >= 11 is 0. The summed E-state index contributed by atoms with van der Waals surface area (Å²) in [7, 11) is 0. The van der Waals surface area contributed by atoms with E-state index < -0.39 is 11.7 Å². The van der Waals surface area contributed by atoms with Crippen LogP contribution in [0.2, 0.25) is 0 Å². The van der Waals surface area contributed by atoms with Gasteiger partial charge in [0.15, 0.2) is 0 Å². The third-order valence-corrected chi connectivity index (χ3v) is 4.93. The Kier molecular flexibility index (Phi) is 6.84. The SMILES string of the molecule is CC[C@@H](C)N(C(=O)OC(C)(C)C)c1ncccc1[C@@H]1CCCCN1C(C)=O. The second-order valence-corrected chi connectivity index (χ2v) is 8.25. The maximum Gasteiger partial charge on any atom is 0.416 e. The number of ether oxygens (including phenoxy) is 1. The summed E-state index contributed by atoms with van der Waals surface area (Å²) < 4.78 is 5.66. The predicted octanol–water partition coefficient (Wildman–Crippen LogP) is 4.70. The van der Waals surface area contributed by atoms with Crippen molar-refractivity contribution in [2.75, 3.05) is 11.4 Å². The van der Waals surface area contributed by atoms with Crippen LogP contribution in [-0.4, -0.2) is 40.1 Å². The lowest BCUT2D eigenvalue weighted by molar-refractivity contribution is -0.132. The van der Waals surface area contributed by atoms with Crippen molar-refractivity contribution in [3.63, 3.8) is 0 Å². The number of pyridine rings is 1. The first-order chi connectivity index (χ1) is 12.7. The summed E-state index contributed by atoms with van der Waals surface area (Å²) in [5, 5.41) is 0.